The number of hydrogen-bond acceptors (Lipinski definition) is 2. The lowest BCUT2D eigenvalue weighted by Crippen LogP contribution is -2.23. The van der Waals surface area contributed by atoms with Crippen molar-refractivity contribution in [2.45, 2.75) is 31.4 Å². The molecular formula is C16H20F3NO. The van der Waals surface area contributed by atoms with Crippen LogP contribution in [0, 0.1) is 5.41 Å². The number of hydrogen-bond donors (Lipinski definition) is 1. The monoisotopic (exact) mass is 299 g/mol. The molecule has 2 fully saturated rings. The van der Waals surface area contributed by atoms with Crippen LogP contribution in [-0.2, 0) is 6.18 Å². The van der Waals surface area contributed by atoms with E-state index < -0.39 is 11.7 Å². The van der Waals surface area contributed by atoms with E-state index in [-0.39, 0.29) is 12.0 Å². The predicted molar refractivity (Wildman–Crippen MR) is 74.0 cm³/mol. The smallest absolute Gasteiger partial charge is 0.396 e. The van der Waals surface area contributed by atoms with E-state index in [1.165, 1.54) is 12.1 Å². The maximum absolute atomic E-state index is 12.6. The lowest BCUT2D eigenvalue weighted by atomic mass is 9.97. The molecule has 3 rings (SSSR count). The molecule has 2 aliphatic rings. The molecule has 1 unspecified atom stereocenters. The summed E-state index contributed by atoms with van der Waals surface area (Å²) in [4.78, 5) is 2.36. The molecule has 1 aliphatic heterocycles. The third-order valence-electron chi connectivity index (χ3n) is 4.93. The minimum absolute atomic E-state index is 0.214. The summed E-state index contributed by atoms with van der Waals surface area (Å²) in [5, 5.41) is 8.88. The second-order valence-corrected chi connectivity index (χ2v) is 6.34. The molecule has 1 saturated carbocycles. The molecule has 1 aromatic carbocycles. The molecule has 0 radical (unpaired) electrons. The first-order chi connectivity index (χ1) is 9.94. The maximum atomic E-state index is 12.6. The minimum atomic E-state index is -4.26. The van der Waals surface area contributed by atoms with Gasteiger partial charge in [0, 0.05) is 19.7 Å². The van der Waals surface area contributed by atoms with Crippen molar-refractivity contribution >= 4 is 0 Å². The van der Waals surface area contributed by atoms with Crippen LogP contribution in [0.4, 0.5) is 13.2 Å². The van der Waals surface area contributed by atoms with E-state index in [0.717, 1.165) is 44.5 Å². The Morgan fingerprint density at radius 2 is 1.95 bits per heavy atom. The zero-order valence-corrected chi connectivity index (χ0v) is 11.9. The van der Waals surface area contributed by atoms with Gasteiger partial charge in [-0.3, -0.25) is 0 Å². The van der Waals surface area contributed by atoms with Crippen LogP contribution in [0.1, 0.15) is 36.3 Å². The molecule has 1 saturated heterocycles. The zero-order chi connectivity index (χ0) is 15.1. The van der Waals surface area contributed by atoms with E-state index in [4.69, 9.17) is 5.11 Å². The highest BCUT2D eigenvalue weighted by Crippen LogP contribution is 2.64. The summed E-state index contributed by atoms with van der Waals surface area (Å²) >= 11 is 0. The van der Waals surface area contributed by atoms with E-state index in [1.807, 2.05) is 0 Å². The molecule has 21 heavy (non-hydrogen) atoms. The summed E-state index contributed by atoms with van der Waals surface area (Å²) in [5.74, 6) is 0.402. The van der Waals surface area contributed by atoms with Crippen LogP contribution in [-0.4, -0.2) is 36.2 Å². The van der Waals surface area contributed by atoms with Gasteiger partial charge in [0.1, 0.15) is 0 Å². The Kier molecular flexibility index (Phi) is 3.74. The molecule has 1 heterocycles. The number of alkyl halides is 3. The Morgan fingerprint density at radius 1 is 1.24 bits per heavy atom. The van der Waals surface area contributed by atoms with Gasteiger partial charge in [-0.2, -0.15) is 13.2 Å². The van der Waals surface area contributed by atoms with Crippen LogP contribution in [0.3, 0.4) is 0 Å². The molecule has 2 atom stereocenters. The highest BCUT2D eigenvalue weighted by atomic mass is 19.4. The van der Waals surface area contributed by atoms with Gasteiger partial charge in [0.15, 0.2) is 0 Å². The number of rotatable bonds is 4. The van der Waals surface area contributed by atoms with Crippen molar-refractivity contribution in [2.24, 2.45) is 5.41 Å². The largest absolute Gasteiger partial charge is 0.416 e. The fraction of sp³-hybridized carbons (Fsp3) is 0.625. The van der Waals surface area contributed by atoms with Gasteiger partial charge in [-0.25, -0.2) is 0 Å². The lowest BCUT2D eigenvalue weighted by molar-refractivity contribution is -0.137. The van der Waals surface area contributed by atoms with Crippen molar-refractivity contribution in [2.75, 3.05) is 26.2 Å². The van der Waals surface area contributed by atoms with E-state index in [2.05, 4.69) is 4.90 Å². The third kappa shape index (κ3) is 2.94. The molecule has 1 aromatic rings. The van der Waals surface area contributed by atoms with Gasteiger partial charge in [0.2, 0.25) is 0 Å². The van der Waals surface area contributed by atoms with Gasteiger partial charge in [-0.15, -0.1) is 0 Å². The van der Waals surface area contributed by atoms with Crippen LogP contribution in [0.25, 0.3) is 0 Å². The molecule has 0 amide bonds. The third-order valence-corrected chi connectivity index (χ3v) is 4.93. The normalized spacial score (nSPS) is 29.2. The first kappa shape index (κ1) is 14.9. The van der Waals surface area contributed by atoms with Crippen LogP contribution >= 0.6 is 0 Å². The van der Waals surface area contributed by atoms with E-state index in [0.29, 0.717) is 5.92 Å². The number of nitrogens with zero attached hydrogens (tertiary/aromatic N) is 1. The highest BCUT2D eigenvalue weighted by molar-refractivity contribution is 5.34. The summed E-state index contributed by atoms with van der Waals surface area (Å²) in [6.45, 7) is 3.18. The minimum Gasteiger partial charge on any atom is -0.396 e. The Morgan fingerprint density at radius 3 is 2.57 bits per heavy atom. The fourth-order valence-corrected chi connectivity index (χ4v) is 3.64. The summed E-state index contributed by atoms with van der Waals surface area (Å²) in [7, 11) is 0. The van der Waals surface area contributed by atoms with E-state index in [1.54, 1.807) is 12.1 Å². The van der Waals surface area contributed by atoms with E-state index >= 15 is 0 Å². The lowest BCUT2D eigenvalue weighted by Gasteiger charge is -2.15. The molecule has 0 bridgehead atoms. The first-order valence-electron chi connectivity index (χ1n) is 7.45. The quantitative estimate of drug-likeness (QED) is 0.922. The van der Waals surface area contributed by atoms with Crippen molar-refractivity contribution < 1.29 is 18.3 Å². The Bertz CT molecular complexity index is 499. The van der Waals surface area contributed by atoms with Crippen molar-refractivity contribution in [3.05, 3.63) is 35.4 Å². The average molecular weight is 299 g/mol. The van der Waals surface area contributed by atoms with Crippen LogP contribution in [0.15, 0.2) is 24.3 Å². The standard InChI is InChI=1S/C16H20F3NO/c17-16(18,19)13-4-2-12(3-5-13)14-10-15(14)6-8-20(11-15)7-1-9-21/h2-5,14,21H,1,6-11H2/t14?,15-/m0/s1. The molecule has 0 aromatic heterocycles. The van der Waals surface area contributed by atoms with Gasteiger partial charge in [-0.1, -0.05) is 12.1 Å². The van der Waals surface area contributed by atoms with Crippen LogP contribution in [0.5, 0.6) is 0 Å². The Balaban J connectivity index is 1.63. The van der Waals surface area contributed by atoms with E-state index in [9.17, 15) is 13.2 Å². The zero-order valence-electron chi connectivity index (χ0n) is 11.9. The maximum Gasteiger partial charge on any atom is 0.416 e. The fourth-order valence-electron chi connectivity index (χ4n) is 3.64. The predicted octanol–water partition coefficient (Wildman–Crippen LogP) is 3.27. The van der Waals surface area contributed by atoms with Crippen molar-refractivity contribution in [1.29, 1.82) is 0 Å². The van der Waals surface area contributed by atoms with Gasteiger partial charge in [-0.05, 0) is 54.8 Å². The second kappa shape index (κ2) is 5.29. The molecule has 5 heteroatoms. The van der Waals surface area contributed by atoms with Gasteiger partial charge >= 0.3 is 6.18 Å². The van der Waals surface area contributed by atoms with Crippen molar-refractivity contribution in [3.8, 4) is 0 Å². The SMILES string of the molecule is OCCCN1CC[C@]2(CC2c2ccc(C(F)(F)F)cc2)C1. The van der Waals surface area contributed by atoms with Crippen LogP contribution in [0.2, 0.25) is 0 Å². The van der Waals surface area contributed by atoms with Gasteiger partial charge in [0.25, 0.3) is 0 Å². The Hall–Kier alpha value is -1.07. The summed E-state index contributed by atoms with van der Waals surface area (Å²) < 4.78 is 37.7. The number of benzene rings is 1. The summed E-state index contributed by atoms with van der Waals surface area (Å²) in [5.41, 5.74) is 0.735. The van der Waals surface area contributed by atoms with Crippen LogP contribution < -0.4 is 0 Å². The summed E-state index contributed by atoms with van der Waals surface area (Å²) in [6.07, 6.45) is -1.27. The van der Waals surface area contributed by atoms with Gasteiger partial charge < -0.3 is 10.0 Å². The first-order valence-corrected chi connectivity index (χ1v) is 7.45. The Labute approximate surface area is 122 Å². The number of halogens is 3. The summed E-state index contributed by atoms with van der Waals surface area (Å²) in [6, 6.07) is 5.66. The topological polar surface area (TPSA) is 23.5 Å². The van der Waals surface area contributed by atoms with Gasteiger partial charge in [0.05, 0.1) is 5.56 Å². The molecule has 1 spiro atoms. The average Bonchev–Trinajstić information content (AvgIpc) is 2.99. The molecule has 1 N–H and O–H groups in total. The number of aliphatic hydroxyl groups is 1. The number of likely N-dealkylation sites (tertiary alicyclic amines) is 1. The molecular weight excluding hydrogens is 279 g/mol. The van der Waals surface area contributed by atoms with Crippen molar-refractivity contribution in [1.82, 2.24) is 4.90 Å². The number of aliphatic hydroxyl groups excluding tert-OH is 1. The molecule has 2 nitrogen and oxygen atoms in total. The second-order valence-electron chi connectivity index (χ2n) is 6.34. The molecule has 1 aliphatic carbocycles. The highest BCUT2D eigenvalue weighted by Gasteiger charge is 2.57. The van der Waals surface area contributed by atoms with Crippen molar-refractivity contribution in [3.63, 3.8) is 0 Å². The molecule has 116 valence electrons.